The van der Waals surface area contributed by atoms with Crippen LogP contribution in [0.25, 0.3) is 0 Å². The highest BCUT2D eigenvalue weighted by Crippen LogP contribution is 2.15. The van der Waals surface area contributed by atoms with Crippen molar-refractivity contribution in [2.24, 2.45) is 0 Å². The van der Waals surface area contributed by atoms with Crippen LogP contribution in [0.4, 0.5) is 4.39 Å². The van der Waals surface area contributed by atoms with Crippen molar-refractivity contribution in [3.63, 3.8) is 0 Å². The summed E-state index contributed by atoms with van der Waals surface area (Å²) in [5, 5.41) is 5.41. The fourth-order valence-electron chi connectivity index (χ4n) is 2.77. The van der Waals surface area contributed by atoms with Crippen LogP contribution in [-0.2, 0) is 0 Å². The first-order valence-electron chi connectivity index (χ1n) is 9.07. The van der Waals surface area contributed by atoms with Gasteiger partial charge in [0.15, 0.2) is 5.78 Å². The van der Waals surface area contributed by atoms with Crippen molar-refractivity contribution in [2.45, 2.75) is 0 Å². The largest absolute Gasteiger partial charge is 0.350 e. The van der Waals surface area contributed by atoms with Crippen LogP contribution in [0, 0.1) is 5.82 Å². The Morgan fingerprint density at radius 1 is 0.621 bits per heavy atom. The number of hydrogen-bond acceptors (Lipinski definition) is 3. The fourth-order valence-corrected chi connectivity index (χ4v) is 2.77. The number of halogens is 1. The Kier molecular flexibility index (Phi) is 6.47. The van der Waals surface area contributed by atoms with Crippen molar-refractivity contribution >= 4 is 17.6 Å². The fraction of sp³-hybridized carbons (Fsp3) is 0.0870. The number of amides is 2. The summed E-state index contributed by atoms with van der Waals surface area (Å²) in [4.78, 5) is 37.2. The average molecular weight is 390 g/mol. The minimum Gasteiger partial charge on any atom is -0.350 e. The maximum atomic E-state index is 13.1. The Hall–Kier alpha value is -3.80. The molecule has 0 aliphatic carbocycles. The molecule has 29 heavy (non-hydrogen) atoms. The number of hydrogen-bond donors (Lipinski definition) is 2. The SMILES string of the molecule is O=C(NCCNC(=O)c1ccccc1C(=O)c1ccc(F)cc1)c1ccccc1. The van der Waals surface area contributed by atoms with Crippen molar-refractivity contribution in [1.82, 2.24) is 10.6 Å². The summed E-state index contributed by atoms with van der Waals surface area (Å²) in [6.45, 7) is 0.448. The van der Waals surface area contributed by atoms with E-state index in [1.165, 1.54) is 24.3 Å². The van der Waals surface area contributed by atoms with E-state index in [1.807, 2.05) is 6.07 Å². The van der Waals surface area contributed by atoms with Crippen LogP contribution < -0.4 is 10.6 Å². The van der Waals surface area contributed by atoms with E-state index in [-0.39, 0.29) is 35.9 Å². The molecule has 0 fully saturated rings. The molecular weight excluding hydrogens is 371 g/mol. The molecule has 2 N–H and O–H groups in total. The Labute approximate surface area is 167 Å². The summed E-state index contributed by atoms with van der Waals surface area (Å²) >= 11 is 0. The van der Waals surface area contributed by atoms with E-state index in [1.54, 1.807) is 48.5 Å². The van der Waals surface area contributed by atoms with Gasteiger partial charge < -0.3 is 10.6 Å². The Balaban J connectivity index is 1.60. The van der Waals surface area contributed by atoms with Crippen LogP contribution in [-0.4, -0.2) is 30.7 Å². The minimum atomic E-state index is -0.440. The molecule has 0 spiro atoms. The lowest BCUT2D eigenvalue weighted by Crippen LogP contribution is -2.35. The summed E-state index contributed by atoms with van der Waals surface area (Å²) in [6.07, 6.45) is 0. The second-order valence-corrected chi connectivity index (χ2v) is 6.26. The molecule has 3 aromatic rings. The molecule has 0 atom stereocenters. The smallest absolute Gasteiger partial charge is 0.252 e. The van der Waals surface area contributed by atoms with E-state index in [0.717, 1.165) is 0 Å². The summed E-state index contributed by atoms with van der Waals surface area (Å²) in [5.74, 6) is -1.46. The number of nitrogens with one attached hydrogen (secondary N) is 2. The van der Waals surface area contributed by atoms with Gasteiger partial charge in [0.05, 0.1) is 5.56 Å². The molecule has 0 saturated heterocycles. The lowest BCUT2D eigenvalue weighted by atomic mass is 9.98. The summed E-state index contributed by atoms with van der Waals surface area (Å²) in [6, 6.07) is 20.3. The first kappa shape index (κ1) is 19.9. The first-order valence-corrected chi connectivity index (χ1v) is 9.07. The van der Waals surface area contributed by atoms with Crippen LogP contribution in [0.15, 0.2) is 78.9 Å². The predicted octanol–water partition coefficient (Wildman–Crippen LogP) is 3.22. The van der Waals surface area contributed by atoms with E-state index in [0.29, 0.717) is 11.1 Å². The van der Waals surface area contributed by atoms with Crippen LogP contribution in [0.5, 0.6) is 0 Å². The van der Waals surface area contributed by atoms with Crippen molar-refractivity contribution < 1.29 is 18.8 Å². The van der Waals surface area contributed by atoms with Gasteiger partial charge in [-0.05, 0) is 42.5 Å². The van der Waals surface area contributed by atoms with Crippen molar-refractivity contribution in [2.75, 3.05) is 13.1 Å². The topological polar surface area (TPSA) is 75.3 Å². The van der Waals surface area contributed by atoms with Gasteiger partial charge in [0.2, 0.25) is 0 Å². The summed E-state index contributed by atoms with van der Waals surface area (Å²) in [7, 11) is 0. The molecule has 0 bridgehead atoms. The third kappa shape index (κ3) is 5.13. The van der Waals surface area contributed by atoms with Gasteiger partial charge in [0, 0.05) is 29.8 Å². The molecular formula is C23H19FN2O3. The lowest BCUT2D eigenvalue weighted by Gasteiger charge is -2.10. The third-order valence-electron chi connectivity index (χ3n) is 4.25. The normalized spacial score (nSPS) is 10.2. The van der Waals surface area contributed by atoms with E-state index >= 15 is 0 Å². The Bertz CT molecular complexity index is 1020. The zero-order chi connectivity index (χ0) is 20.6. The third-order valence-corrected chi connectivity index (χ3v) is 4.25. The highest BCUT2D eigenvalue weighted by atomic mass is 19.1. The van der Waals surface area contributed by atoms with Gasteiger partial charge in [0.1, 0.15) is 5.82 Å². The van der Waals surface area contributed by atoms with Gasteiger partial charge in [-0.15, -0.1) is 0 Å². The molecule has 6 heteroatoms. The molecule has 3 aromatic carbocycles. The monoisotopic (exact) mass is 390 g/mol. The van der Waals surface area contributed by atoms with Crippen LogP contribution in [0.1, 0.15) is 36.6 Å². The number of ketones is 1. The van der Waals surface area contributed by atoms with Gasteiger partial charge in [0.25, 0.3) is 11.8 Å². The van der Waals surface area contributed by atoms with E-state index < -0.39 is 11.7 Å². The van der Waals surface area contributed by atoms with Crippen molar-refractivity contribution in [3.8, 4) is 0 Å². The Morgan fingerprint density at radius 3 is 1.83 bits per heavy atom. The Morgan fingerprint density at radius 2 is 1.17 bits per heavy atom. The quantitative estimate of drug-likeness (QED) is 0.481. The van der Waals surface area contributed by atoms with Crippen molar-refractivity contribution in [3.05, 3.63) is 107 Å². The molecule has 0 radical (unpaired) electrons. The maximum Gasteiger partial charge on any atom is 0.252 e. The van der Waals surface area contributed by atoms with E-state index in [2.05, 4.69) is 10.6 Å². The molecule has 0 saturated carbocycles. The second kappa shape index (κ2) is 9.41. The first-order chi connectivity index (χ1) is 14.1. The second-order valence-electron chi connectivity index (χ2n) is 6.26. The van der Waals surface area contributed by atoms with Crippen LogP contribution in [0.3, 0.4) is 0 Å². The average Bonchev–Trinajstić information content (AvgIpc) is 2.77. The van der Waals surface area contributed by atoms with Crippen LogP contribution in [0.2, 0.25) is 0 Å². The highest BCUT2D eigenvalue weighted by Gasteiger charge is 2.18. The van der Waals surface area contributed by atoms with E-state index in [9.17, 15) is 18.8 Å². The molecule has 5 nitrogen and oxygen atoms in total. The molecule has 0 aliphatic rings. The van der Waals surface area contributed by atoms with Crippen molar-refractivity contribution in [1.29, 1.82) is 0 Å². The number of rotatable bonds is 7. The van der Waals surface area contributed by atoms with Gasteiger partial charge >= 0.3 is 0 Å². The zero-order valence-corrected chi connectivity index (χ0v) is 15.5. The minimum absolute atomic E-state index is 0.205. The summed E-state index contributed by atoms with van der Waals surface area (Å²) < 4.78 is 13.1. The van der Waals surface area contributed by atoms with Gasteiger partial charge in [-0.1, -0.05) is 36.4 Å². The molecule has 0 unspecified atom stereocenters. The highest BCUT2D eigenvalue weighted by molar-refractivity contribution is 6.15. The zero-order valence-electron chi connectivity index (χ0n) is 15.5. The van der Waals surface area contributed by atoms with Crippen LogP contribution >= 0.6 is 0 Å². The number of benzene rings is 3. The maximum absolute atomic E-state index is 13.1. The molecule has 0 aliphatic heterocycles. The summed E-state index contributed by atoms with van der Waals surface area (Å²) in [5.41, 5.74) is 1.27. The van der Waals surface area contributed by atoms with Gasteiger partial charge in [-0.3, -0.25) is 14.4 Å². The molecule has 3 rings (SSSR count). The molecule has 2 amide bonds. The van der Waals surface area contributed by atoms with E-state index in [4.69, 9.17) is 0 Å². The molecule has 146 valence electrons. The number of carbonyl (C=O) groups is 3. The standard InChI is InChI=1S/C23H19FN2O3/c24-18-12-10-16(11-13-18)21(27)19-8-4-5-9-20(19)23(29)26-15-14-25-22(28)17-6-2-1-3-7-17/h1-13H,14-15H2,(H,25,28)(H,26,29). The molecule has 0 aromatic heterocycles. The van der Waals surface area contributed by atoms with Gasteiger partial charge in [-0.25, -0.2) is 4.39 Å². The lowest BCUT2D eigenvalue weighted by molar-refractivity contribution is 0.0924. The molecule has 0 heterocycles. The number of carbonyl (C=O) groups excluding carboxylic acids is 3. The van der Waals surface area contributed by atoms with Gasteiger partial charge in [-0.2, -0.15) is 0 Å². The predicted molar refractivity (Wildman–Crippen MR) is 107 cm³/mol.